The number of cyclic esters (lactones) is 1. The lowest BCUT2D eigenvalue weighted by molar-refractivity contribution is -0.0328. The second kappa shape index (κ2) is 8.40. The van der Waals surface area contributed by atoms with E-state index in [-0.39, 0.29) is 12.1 Å². The molecule has 1 amide bonds. The minimum absolute atomic E-state index is 0.202. The van der Waals surface area contributed by atoms with E-state index in [1.807, 2.05) is 89.2 Å². The maximum atomic E-state index is 13.1. The van der Waals surface area contributed by atoms with Gasteiger partial charge in [-0.05, 0) is 65.1 Å². The van der Waals surface area contributed by atoms with Gasteiger partial charge in [-0.15, -0.1) is 0 Å². The standard InChI is InChI=1S/C27H36BNO5/c1-19(20-13-15-22(16-14-20)28-33-25(4,5)26(6,7)34-28)29-18-27(32-23(29)30,17-24(2,3)31)21-11-9-8-10-12-21/h8-16,19,31H,17-18H2,1-7H3/t19-,27-/m0/s1. The van der Waals surface area contributed by atoms with Gasteiger partial charge in [0.1, 0.15) is 0 Å². The third kappa shape index (κ3) is 4.61. The van der Waals surface area contributed by atoms with Gasteiger partial charge in [0.2, 0.25) is 0 Å². The maximum Gasteiger partial charge on any atom is 0.494 e. The number of carbonyl (C=O) groups excluding carboxylic acids is 1. The maximum absolute atomic E-state index is 13.1. The molecule has 0 bridgehead atoms. The van der Waals surface area contributed by atoms with Gasteiger partial charge in [0.15, 0.2) is 5.60 Å². The number of nitrogens with zero attached hydrogens (tertiary/aromatic N) is 1. The number of hydrogen-bond donors (Lipinski definition) is 1. The Morgan fingerprint density at radius 3 is 2.09 bits per heavy atom. The molecule has 0 radical (unpaired) electrons. The molecule has 0 unspecified atom stereocenters. The lowest BCUT2D eigenvalue weighted by atomic mass is 9.78. The minimum Gasteiger partial charge on any atom is -0.436 e. The van der Waals surface area contributed by atoms with Gasteiger partial charge in [0.05, 0.1) is 29.4 Å². The first-order valence-corrected chi connectivity index (χ1v) is 12.0. The van der Waals surface area contributed by atoms with E-state index >= 15 is 0 Å². The van der Waals surface area contributed by atoms with Crippen LogP contribution in [0.2, 0.25) is 0 Å². The van der Waals surface area contributed by atoms with Crippen molar-refractivity contribution in [2.45, 2.75) is 83.3 Å². The van der Waals surface area contributed by atoms with Crippen LogP contribution in [0.4, 0.5) is 4.79 Å². The number of carbonyl (C=O) groups is 1. The van der Waals surface area contributed by atoms with E-state index in [0.717, 1.165) is 16.6 Å². The van der Waals surface area contributed by atoms with Crippen LogP contribution in [0.15, 0.2) is 54.6 Å². The van der Waals surface area contributed by atoms with Crippen molar-refractivity contribution in [1.29, 1.82) is 0 Å². The van der Waals surface area contributed by atoms with E-state index in [1.54, 1.807) is 18.7 Å². The van der Waals surface area contributed by atoms with Crippen LogP contribution in [0.25, 0.3) is 0 Å². The molecule has 0 spiro atoms. The van der Waals surface area contributed by atoms with Crippen LogP contribution in [-0.4, -0.2) is 46.6 Å². The van der Waals surface area contributed by atoms with Crippen molar-refractivity contribution < 1.29 is 23.9 Å². The van der Waals surface area contributed by atoms with Crippen molar-refractivity contribution in [2.24, 2.45) is 0 Å². The highest BCUT2D eigenvalue weighted by Gasteiger charge is 2.52. The summed E-state index contributed by atoms with van der Waals surface area (Å²) in [4.78, 5) is 14.8. The summed E-state index contributed by atoms with van der Waals surface area (Å²) in [5, 5.41) is 10.6. The summed E-state index contributed by atoms with van der Waals surface area (Å²) in [6.07, 6.45) is -0.0736. The SMILES string of the molecule is C[C@@H](c1ccc(B2OC(C)(C)C(C)(C)O2)cc1)N1C[C@@](CC(C)(C)O)(c2ccccc2)OC1=O. The van der Waals surface area contributed by atoms with Gasteiger partial charge in [-0.3, -0.25) is 4.90 Å². The van der Waals surface area contributed by atoms with Gasteiger partial charge in [0.25, 0.3) is 0 Å². The Balaban J connectivity index is 1.55. The molecule has 0 saturated carbocycles. The van der Waals surface area contributed by atoms with Crippen LogP contribution < -0.4 is 5.46 Å². The van der Waals surface area contributed by atoms with E-state index in [2.05, 4.69) is 0 Å². The quantitative estimate of drug-likeness (QED) is 0.634. The monoisotopic (exact) mass is 465 g/mol. The van der Waals surface area contributed by atoms with Gasteiger partial charge >= 0.3 is 13.2 Å². The molecular formula is C27H36BNO5. The second-order valence-electron chi connectivity index (χ2n) is 11.3. The zero-order valence-corrected chi connectivity index (χ0v) is 21.3. The normalized spacial score (nSPS) is 24.9. The Morgan fingerprint density at radius 1 is 1.00 bits per heavy atom. The predicted octanol–water partition coefficient (Wildman–Crippen LogP) is 4.56. The summed E-state index contributed by atoms with van der Waals surface area (Å²) in [6.45, 7) is 14.0. The average molecular weight is 465 g/mol. The van der Waals surface area contributed by atoms with Gasteiger partial charge < -0.3 is 19.2 Å². The van der Waals surface area contributed by atoms with Crippen molar-refractivity contribution in [3.8, 4) is 0 Å². The molecule has 0 aromatic heterocycles. The fourth-order valence-electron chi connectivity index (χ4n) is 4.77. The van der Waals surface area contributed by atoms with Gasteiger partial charge in [0, 0.05) is 6.42 Å². The van der Waals surface area contributed by atoms with Gasteiger partial charge in [-0.2, -0.15) is 0 Å². The highest BCUT2D eigenvalue weighted by atomic mass is 16.7. The Hall–Kier alpha value is -2.35. The Kier molecular flexibility index (Phi) is 6.12. The van der Waals surface area contributed by atoms with E-state index in [1.165, 1.54) is 0 Å². The molecule has 7 heteroatoms. The van der Waals surface area contributed by atoms with Crippen molar-refractivity contribution >= 4 is 18.7 Å². The average Bonchev–Trinajstić information content (AvgIpc) is 3.19. The third-order valence-electron chi connectivity index (χ3n) is 7.37. The molecule has 2 aromatic rings. The fraction of sp³-hybridized carbons (Fsp3) is 0.519. The molecule has 6 nitrogen and oxygen atoms in total. The van der Waals surface area contributed by atoms with E-state index < -0.39 is 29.5 Å². The Bertz CT molecular complexity index is 1020. The van der Waals surface area contributed by atoms with Crippen LogP contribution in [0, 0.1) is 0 Å². The zero-order valence-electron chi connectivity index (χ0n) is 21.3. The predicted molar refractivity (Wildman–Crippen MR) is 133 cm³/mol. The van der Waals surface area contributed by atoms with Crippen LogP contribution in [0.1, 0.15) is 72.1 Å². The van der Waals surface area contributed by atoms with Gasteiger partial charge in [-0.1, -0.05) is 54.6 Å². The second-order valence-corrected chi connectivity index (χ2v) is 11.3. The summed E-state index contributed by atoms with van der Waals surface area (Å²) in [5.41, 5.74) is 0.113. The molecule has 2 heterocycles. The van der Waals surface area contributed by atoms with Gasteiger partial charge in [-0.25, -0.2) is 4.79 Å². The smallest absolute Gasteiger partial charge is 0.436 e. The number of benzene rings is 2. The van der Waals surface area contributed by atoms with E-state index in [9.17, 15) is 9.90 Å². The summed E-state index contributed by atoms with van der Waals surface area (Å²) in [7, 11) is -0.427. The number of amides is 1. The van der Waals surface area contributed by atoms with Crippen molar-refractivity contribution in [2.75, 3.05) is 6.54 Å². The van der Waals surface area contributed by atoms with Crippen LogP contribution >= 0.6 is 0 Å². The fourth-order valence-corrected chi connectivity index (χ4v) is 4.77. The molecule has 2 aliphatic heterocycles. The van der Waals surface area contributed by atoms with Crippen molar-refractivity contribution in [3.63, 3.8) is 0 Å². The number of hydrogen-bond acceptors (Lipinski definition) is 5. The summed E-state index contributed by atoms with van der Waals surface area (Å²) in [5.74, 6) is 0. The zero-order chi connectivity index (χ0) is 24.9. The minimum atomic E-state index is -1.00. The Labute approximate surface area is 203 Å². The molecule has 2 aromatic carbocycles. The molecule has 1 N–H and O–H groups in total. The molecule has 2 atom stereocenters. The molecule has 2 saturated heterocycles. The lowest BCUT2D eigenvalue weighted by Crippen LogP contribution is -2.41. The van der Waals surface area contributed by atoms with Crippen molar-refractivity contribution in [1.82, 2.24) is 4.90 Å². The first-order chi connectivity index (χ1) is 15.7. The van der Waals surface area contributed by atoms with Crippen LogP contribution in [-0.2, 0) is 19.6 Å². The highest BCUT2D eigenvalue weighted by molar-refractivity contribution is 6.62. The number of ether oxygens (including phenoxy) is 1. The molecule has 182 valence electrons. The molecule has 2 aliphatic rings. The highest BCUT2D eigenvalue weighted by Crippen LogP contribution is 2.42. The molecule has 34 heavy (non-hydrogen) atoms. The third-order valence-corrected chi connectivity index (χ3v) is 7.37. The van der Waals surface area contributed by atoms with Crippen LogP contribution in [0.3, 0.4) is 0 Å². The summed E-state index contributed by atoms with van der Waals surface area (Å²) in [6, 6.07) is 17.5. The van der Waals surface area contributed by atoms with E-state index in [0.29, 0.717) is 13.0 Å². The van der Waals surface area contributed by atoms with Crippen LogP contribution in [0.5, 0.6) is 0 Å². The number of aliphatic hydroxyl groups is 1. The lowest BCUT2D eigenvalue weighted by Gasteiger charge is -2.33. The Morgan fingerprint density at radius 2 is 1.56 bits per heavy atom. The first-order valence-electron chi connectivity index (χ1n) is 12.0. The molecular weight excluding hydrogens is 429 g/mol. The number of rotatable bonds is 6. The topological polar surface area (TPSA) is 68.2 Å². The molecule has 4 rings (SSSR count). The van der Waals surface area contributed by atoms with Crippen molar-refractivity contribution in [3.05, 3.63) is 65.7 Å². The molecule has 0 aliphatic carbocycles. The first kappa shape index (κ1) is 24.8. The summed E-state index contributed by atoms with van der Waals surface area (Å²) >= 11 is 0. The summed E-state index contributed by atoms with van der Waals surface area (Å²) < 4.78 is 18.3. The van der Waals surface area contributed by atoms with E-state index in [4.69, 9.17) is 14.0 Å². The molecule has 2 fully saturated rings. The largest absolute Gasteiger partial charge is 0.494 e.